The molecule has 0 saturated carbocycles. The van der Waals surface area contributed by atoms with Crippen LogP contribution in [0.15, 0.2) is 0 Å². The zero-order valence-electron chi connectivity index (χ0n) is 11.3. The van der Waals surface area contributed by atoms with Gasteiger partial charge in [0.1, 0.15) is 0 Å². The molecule has 1 heterocycles. The summed E-state index contributed by atoms with van der Waals surface area (Å²) in [5.41, 5.74) is 0. The lowest BCUT2D eigenvalue weighted by atomic mass is 10.2. The van der Waals surface area contributed by atoms with Crippen LogP contribution in [-0.4, -0.2) is 72.7 Å². The third kappa shape index (κ3) is 4.25. The van der Waals surface area contributed by atoms with E-state index in [4.69, 9.17) is 5.26 Å². The number of carbonyl (C=O) groups excluding carboxylic acids is 3. The number of rotatable bonds is 5. The largest absolute Gasteiger partial charge is 0.345 e. The predicted molar refractivity (Wildman–Crippen MR) is 66.7 cm³/mol. The van der Waals surface area contributed by atoms with E-state index < -0.39 is 0 Å². The number of nitriles is 1. The molecule has 7 nitrogen and oxygen atoms in total. The molecule has 1 fully saturated rings. The van der Waals surface area contributed by atoms with Crippen molar-refractivity contribution in [3.05, 3.63) is 0 Å². The van der Waals surface area contributed by atoms with Crippen LogP contribution in [0, 0.1) is 11.3 Å². The van der Waals surface area contributed by atoms with Gasteiger partial charge in [0, 0.05) is 33.6 Å². The lowest BCUT2D eigenvalue weighted by Crippen LogP contribution is -2.52. The Morgan fingerprint density at radius 1 is 1.37 bits per heavy atom. The molecule has 104 valence electrons. The number of carbonyl (C=O) groups is 3. The molecule has 0 aliphatic carbocycles. The van der Waals surface area contributed by atoms with Gasteiger partial charge in [0.05, 0.1) is 25.6 Å². The summed E-state index contributed by atoms with van der Waals surface area (Å²) in [5.74, 6) is -0.395. The minimum atomic E-state index is -0.144. The highest BCUT2D eigenvalue weighted by Crippen LogP contribution is 2.04. The van der Waals surface area contributed by atoms with E-state index >= 15 is 0 Å². The average Bonchev–Trinajstić information content (AvgIpc) is 2.38. The summed E-state index contributed by atoms with van der Waals surface area (Å²) in [6, 6.07) is 1.97. The average molecular weight is 266 g/mol. The van der Waals surface area contributed by atoms with E-state index in [-0.39, 0.29) is 50.2 Å². The van der Waals surface area contributed by atoms with Crippen LogP contribution < -0.4 is 0 Å². The highest BCUT2D eigenvalue weighted by atomic mass is 16.2. The van der Waals surface area contributed by atoms with Crippen molar-refractivity contribution in [1.29, 1.82) is 5.26 Å². The molecule has 0 aromatic rings. The maximum Gasteiger partial charge on any atom is 0.242 e. The molecule has 0 radical (unpaired) electrons. The second kappa shape index (κ2) is 6.73. The highest BCUT2D eigenvalue weighted by Gasteiger charge is 2.27. The van der Waals surface area contributed by atoms with Crippen LogP contribution in [-0.2, 0) is 14.4 Å². The minimum absolute atomic E-state index is 0.0323. The van der Waals surface area contributed by atoms with Crippen LogP contribution in [0.5, 0.6) is 0 Å². The summed E-state index contributed by atoms with van der Waals surface area (Å²) in [4.78, 5) is 39.1. The maximum absolute atomic E-state index is 11.7. The summed E-state index contributed by atoms with van der Waals surface area (Å²) < 4.78 is 0. The standard InChI is InChI=1S/C12H18N4O3/c1-14(6-3-5-13)10(17)4-7-16-9-11(18)15(2)8-12(16)19/h3-4,6-9H2,1-2H3. The fraction of sp³-hybridized carbons (Fsp3) is 0.667. The minimum Gasteiger partial charge on any atom is -0.345 e. The van der Waals surface area contributed by atoms with Crippen molar-refractivity contribution in [3.8, 4) is 6.07 Å². The van der Waals surface area contributed by atoms with Gasteiger partial charge in [-0.1, -0.05) is 0 Å². The molecule has 0 unspecified atom stereocenters. The van der Waals surface area contributed by atoms with E-state index in [2.05, 4.69) is 0 Å². The van der Waals surface area contributed by atoms with Crippen LogP contribution in [0.4, 0.5) is 0 Å². The van der Waals surface area contributed by atoms with Crippen LogP contribution in [0.2, 0.25) is 0 Å². The molecule has 0 bridgehead atoms. The first-order valence-electron chi connectivity index (χ1n) is 6.08. The van der Waals surface area contributed by atoms with Gasteiger partial charge < -0.3 is 14.7 Å². The quantitative estimate of drug-likeness (QED) is 0.642. The van der Waals surface area contributed by atoms with Gasteiger partial charge >= 0.3 is 0 Å². The topological polar surface area (TPSA) is 84.7 Å². The third-order valence-electron chi connectivity index (χ3n) is 3.06. The molecule has 0 aromatic carbocycles. The maximum atomic E-state index is 11.7. The van der Waals surface area contributed by atoms with E-state index in [1.165, 1.54) is 14.7 Å². The van der Waals surface area contributed by atoms with Crippen molar-refractivity contribution in [3.63, 3.8) is 0 Å². The van der Waals surface area contributed by atoms with Crippen molar-refractivity contribution in [2.24, 2.45) is 0 Å². The summed E-state index contributed by atoms with van der Waals surface area (Å²) in [6.45, 7) is 0.723. The first-order chi connectivity index (χ1) is 8.95. The molecule has 7 heteroatoms. The zero-order valence-corrected chi connectivity index (χ0v) is 11.3. The van der Waals surface area contributed by atoms with Gasteiger partial charge in [0.15, 0.2) is 0 Å². The first kappa shape index (κ1) is 15.0. The van der Waals surface area contributed by atoms with Gasteiger partial charge in [-0.25, -0.2) is 0 Å². The first-order valence-corrected chi connectivity index (χ1v) is 6.08. The SMILES string of the molecule is CN(CCC#N)C(=O)CCN1CC(=O)N(C)CC1=O. The Bertz CT molecular complexity index is 416. The lowest BCUT2D eigenvalue weighted by molar-refractivity contribution is -0.149. The van der Waals surface area contributed by atoms with E-state index in [0.29, 0.717) is 6.54 Å². The van der Waals surface area contributed by atoms with Gasteiger partial charge in [-0.3, -0.25) is 14.4 Å². The zero-order chi connectivity index (χ0) is 14.4. The van der Waals surface area contributed by atoms with Crippen molar-refractivity contribution in [2.45, 2.75) is 12.8 Å². The van der Waals surface area contributed by atoms with Crippen LogP contribution >= 0.6 is 0 Å². The number of hydrogen-bond acceptors (Lipinski definition) is 4. The van der Waals surface area contributed by atoms with Crippen molar-refractivity contribution < 1.29 is 14.4 Å². The lowest BCUT2D eigenvalue weighted by Gasteiger charge is -2.31. The number of piperazine rings is 1. The van der Waals surface area contributed by atoms with Gasteiger partial charge in [-0.15, -0.1) is 0 Å². The number of amides is 3. The Hall–Kier alpha value is -2.10. The van der Waals surface area contributed by atoms with Crippen molar-refractivity contribution in [1.82, 2.24) is 14.7 Å². The van der Waals surface area contributed by atoms with E-state index in [9.17, 15) is 14.4 Å². The Morgan fingerprint density at radius 3 is 2.68 bits per heavy atom. The fourth-order valence-electron chi connectivity index (χ4n) is 1.73. The normalized spacial score (nSPS) is 15.4. The molecule has 0 N–H and O–H groups in total. The Kier molecular flexibility index (Phi) is 5.30. The molecular formula is C12H18N4O3. The van der Waals surface area contributed by atoms with Crippen LogP contribution in [0.1, 0.15) is 12.8 Å². The molecule has 0 spiro atoms. The van der Waals surface area contributed by atoms with Gasteiger partial charge in [0.25, 0.3) is 0 Å². The fourth-order valence-corrected chi connectivity index (χ4v) is 1.73. The number of likely N-dealkylation sites (N-methyl/N-ethyl adjacent to an activating group) is 1. The second-order valence-electron chi connectivity index (χ2n) is 4.54. The molecule has 19 heavy (non-hydrogen) atoms. The second-order valence-corrected chi connectivity index (χ2v) is 4.54. The molecule has 1 saturated heterocycles. The Morgan fingerprint density at radius 2 is 2.05 bits per heavy atom. The molecule has 0 aromatic heterocycles. The van der Waals surface area contributed by atoms with E-state index in [1.807, 2.05) is 6.07 Å². The molecule has 1 rings (SSSR count). The number of hydrogen-bond donors (Lipinski definition) is 0. The molecule has 0 atom stereocenters. The van der Waals surface area contributed by atoms with Gasteiger partial charge in [0.2, 0.25) is 17.7 Å². The molecule has 3 amide bonds. The van der Waals surface area contributed by atoms with Gasteiger partial charge in [-0.2, -0.15) is 5.26 Å². The van der Waals surface area contributed by atoms with Crippen LogP contribution in [0.3, 0.4) is 0 Å². The summed E-state index contributed by atoms with van der Waals surface area (Å²) in [7, 11) is 3.20. The number of nitrogens with zero attached hydrogens (tertiary/aromatic N) is 4. The highest BCUT2D eigenvalue weighted by molar-refractivity contribution is 5.92. The Labute approximate surface area is 112 Å². The third-order valence-corrected chi connectivity index (χ3v) is 3.06. The monoisotopic (exact) mass is 266 g/mol. The molecule has 1 aliphatic rings. The van der Waals surface area contributed by atoms with E-state index in [0.717, 1.165) is 0 Å². The molecular weight excluding hydrogens is 248 g/mol. The Balaban J connectivity index is 2.40. The smallest absolute Gasteiger partial charge is 0.242 e. The summed E-state index contributed by atoms with van der Waals surface area (Å²) in [5, 5.41) is 8.44. The van der Waals surface area contributed by atoms with Gasteiger partial charge in [-0.05, 0) is 0 Å². The summed E-state index contributed by atoms with van der Waals surface area (Å²) >= 11 is 0. The van der Waals surface area contributed by atoms with Crippen molar-refractivity contribution in [2.75, 3.05) is 40.3 Å². The molecule has 1 aliphatic heterocycles. The van der Waals surface area contributed by atoms with Crippen LogP contribution in [0.25, 0.3) is 0 Å². The summed E-state index contributed by atoms with van der Waals surface area (Å²) in [6.07, 6.45) is 0.457. The van der Waals surface area contributed by atoms with E-state index in [1.54, 1.807) is 14.1 Å². The predicted octanol–water partition coefficient (Wildman–Crippen LogP) is -0.951. The van der Waals surface area contributed by atoms with Crippen molar-refractivity contribution >= 4 is 17.7 Å².